The van der Waals surface area contributed by atoms with E-state index in [9.17, 15) is 18.0 Å². The molecule has 0 aliphatic carbocycles. The molecule has 3 rings (SSSR count). The number of hydrogen-bond acceptors (Lipinski definition) is 3. The number of likely N-dealkylation sites (tertiary alicyclic amines) is 1. The van der Waals surface area contributed by atoms with E-state index in [1.165, 1.54) is 12.1 Å². The molecule has 1 amide bonds. The lowest BCUT2D eigenvalue weighted by atomic mass is 9.77. The molecule has 28 heavy (non-hydrogen) atoms. The van der Waals surface area contributed by atoms with E-state index in [0.29, 0.717) is 12.0 Å². The molecule has 2 fully saturated rings. The summed E-state index contributed by atoms with van der Waals surface area (Å²) in [5, 5.41) is 0. The normalized spacial score (nSPS) is 24.5. The Kier molecular flexibility index (Phi) is 5.34. The third-order valence-electron chi connectivity index (χ3n) is 6.17. The van der Waals surface area contributed by atoms with E-state index in [2.05, 4.69) is 0 Å². The number of rotatable bonds is 2. The maximum absolute atomic E-state index is 13.6. The number of nitrogens with zero attached hydrogens (tertiary/aromatic N) is 1. The number of carbonyl (C=O) groups is 1. The van der Waals surface area contributed by atoms with E-state index in [1.54, 1.807) is 4.90 Å². The van der Waals surface area contributed by atoms with E-state index >= 15 is 0 Å². The fraction of sp³-hybridized carbons (Fsp3) is 0.650. The maximum Gasteiger partial charge on any atom is 0.494 e. The van der Waals surface area contributed by atoms with Gasteiger partial charge in [0.15, 0.2) is 0 Å². The van der Waals surface area contributed by atoms with Crippen LogP contribution in [-0.4, -0.2) is 41.7 Å². The molecule has 1 aromatic carbocycles. The third kappa shape index (κ3) is 3.81. The van der Waals surface area contributed by atoms with Gasteiger partial charge >= 0.3 is 13.3 Å². The first-order valence-corrected chi connectivity index (χ1v) is 9.71. The van der Waals surface area contributed by atoms with Gasteiger partial charge in [-0.2, -0.15) is 13.2 Å². The molecule has 2 aliphatic heterocycles. The second kappa shape index (κ2) is 7.06. The van der Waals surface area contributed by atoms with Crippen molar-refractivity contribution in [3.63, 3.8) is 0 Å². The van der Waals surface area contributed by atoms with Crippen LogP contribution < -0.4 is 5.46 Å². The molecule has 1 aromatic rings. The van der Waals surface area contributed by atoms with Gasteiger partial charge in [-0.1, -0.05) is 6.07 Å². The third-order valence-corrected chi connectivity index (χ3v) is 6.17. The average Bonchev–Trinajstić information content (AvgIpc) is 2.81. The Hall–Kier alpha value is -1.54. The van der Waals surface area contributed by atoms with Gasteiger partial charge in [0.2, 0.25) is 0 Å². The number of carbonyl (C=O) groups excluding carboxylic acids is 1. The number of benzene rings is 1. The quantitative estimate of drug-likeness (QED) is 0.708. The number of alkyl halides is 3. The summed E-state index contributed by atoms with van der Waals surface area (Å²) in [6.07, 6.45) is -2.04. The van der Waals surface area contributed by atoms with Crippen LogP contribution in [-0.2, 0) is 15.5 Å². The highest BCUT2D eigenvalue weighted by molar-refractivity contribution is 6.62. The molecule has 0 saturated carbocycles. The van der Waals surface area contributed by atoms with E-state index in [1.807, 2.05) is 34.6 Å². The van der Waals surface area contributed by atoms with Crippen LogP contribution in [0, 0.1) is 0 Å². The van der Waals surface area contributed by atoms with Crippen molar-refractivity contribution in [3.8, 4) is 0 Å². The second-order valence-corrected chi connectivity index (χ2v) is 8.73. The Bertz CT molecular complexity index is 748. The minimum atomic E-state index is -4.61. The molecule has 0 bridgehead atoms. The molecule has 4 nitrogen and oxygen atoms in total. The molecule has 0 aromatic heterocycles. The Morgan fingerprint density at radius 2 is 1.75 bits per heavy atom. The summed E-state index contributed by atoms with van der Waals surface area (Å²) >= 11 is 0. The first-order valence-electron chi connectivity index (χ1n) is 9.71. The van der Waals surface area contributed by atoms with Crippen molar-refractivity contribution in [2.75, 3.05) is 6.54 Å². The molecular formula is C20H27BF3NO3. The average molecular weight is 397 g/mol. The van der Waals surface area contributed by atoms with Gasteiger partial charge in [0.05, 0.1) is 22.3 Å². The van der Waals surface area contributed by atoms with Crippen molar-refractivity contribution < 1.29 is 27.3 Å². The molecular weight excluding hydrogens is 370 g/mol. The predicted octanol–water partition coefficient (Wildman–Crippen LogP) is 4.02. The predicted molar refractivity (Wildman–Crippen MR) is 102 cm³/mol. The summed E-state index contributed by atoms with van der Waals surface area (Å²) in [5.74, 6) is -0.585. The molecule has 2 heterocycles. The van der Waals surface area contributed by atoms with Crippen molar-refractivity contribution >= 4 is 18.5 Å². The van der Waals surface area contributed by atoms with Gasteiger partial charge < -0.3 is 14.2 Å². The van der Waals surface area contributed by atoms with Crippen molar-refractivity contribution in [2.45, 2.75) is 77.3 Å². The van der Waals surface area contributed by atoms with Crippen LogP contribution in [0.5, 0.6) is 0 Å². The van der Waals surface area contributed by atoms with Gasteiger partial charge in [0.1, 0.15) is 0 Å². The highest BCUT2D eigenvalue weighted by Gasteiger charge is 2.52. The van der Waals surface area contributed by atoms with Gasteiger partial charge in [-0.05, 0) is 71.5 Å². The Labute approximate surface area is 164 Å². The summed E-state index contributed by atoms with van der Waals surface area (Å²) in [4.78, 5) is 14.6. The Morgan fingerprint density at radius 3 is 2.29 bits per heavy atom. The first-order chi connectivity index (χ1) is 12.8. The second-order valence-electron chi connectivity index (χ2n) is 8.73. The molecule has 154 valence electrons. The van der Waals surface area contributed by atoms with Gasteiger partial charge in [0.25, 0.3) is 5.91 Å². The van der Waals surface area contributed by atoms with Crippen LogP contribution >= 0.6 is 0 Å². The summed E-state index contributed by atoms with van der Waals surface area (Å²) in [7, 11) is -0.822. The minimum absolute atomic E-state index is 0.0807. The summed E-state index contributed by atoms with van der Waals surface area (Å²) in [5.41, 5.74) is -2.08. The summed E-state index contributed by atoms with van der Waals surface area (Å²) in [6, 6.07) is 3.50. The number of amides is 1. The highest BCUT2D eigenvalue weighted by atomic mass is 19.4. The topological polar surface area (TPSA) is 38.8 Å². The summed E-state index contributed by atoms with van der Waals surface area (Å²) in [6.45, 7) is 9.84. The molecule has 0 radical (unpaired) electrons. The van der Waals surface area contributed by atoms with Gasteiger partial charge in [-0.3, -0.25) is 4.79 Å². The van der Waals surface area contributed by atoms with Crippen molar-refractivity contribution in [3.05, 3.63) is 29.3 Å². The number of piperidine rings is 1. The Morgan fingerprint density at radius 1 is 1.14 bits per heavy atom. The molecule has 1 atom stereocenters. The largest absolute Gasteiger partial charge is 0.494 e. The molecule has 8 heteroatoms. The van der Waals surface area contributed by atoms with Crippen LogP contribution in [0.2, 0.25) is 0 Å². The number of halogens is 3. The molecule has 0 N–H and O–H groups in total. The fourth-order valence-electron chi connectivity index (χ4n) is 3.67. The van der Waals surface area contributed by atoms with E-state index in [-0.39, 0.29) is 11.6 Å². The van der Waals surface area contributed by atoms with Gasteiger partial charge in [-0.15, -0.1) is 0 Å². The van der Waals surface area contributed by atoms with E-state index in [4.69, 9.17) is 9.31 Å². The summed E-state index contributed by atoms with van der Waals surface area (Å²) < 4.78 is 52.7. The van der Waals surface area contributed by atoms with Crippen LogP contribution in [0.4, 0.5) is 13.2 Å². The fourth-order valence-corrected chi connectivity index (χ4v) is 3.67. The standard InChI is InChI=1S/C20H27BF3NO3/c1-13-8-6-7-11-25(13)17(26)15-12-14(9-10-16(15)20(22,23)24)21-27-18(2,3)19(4,5)28-21/h9-10,12-13H,6-8,11H2,1-5H3. The zero-order chi connectivity index (χ0) is 20.9. The van der Waals surface area contributed by atoms with Gasteiger partial charge in [-0.25, -0.2) is 0 Å². The minimum Gasteiger partial charge on any atom is -0.399 e. The zero-order valence-corrected chi connectivity index (χ0v) is 17.0. The SMILES string of the molecule is CC1CCCCN1C(=O)c1cc(B2OC(C)(C)C(C)(C)O2)ccc1C(F)(F)F. The van der Waals surface area contributed by atoms with Crippen molar-refractivity contribution in [1.82, 2.24) is 4.90 Å². The lowest BCUT2D eigenvalue weighted by Crippen LogP contribution is -2.43. The van der Waals surface area contributed by atoms with Gasteiger partial charge in [0, 0.05) is 12.6 Å². The van der Waals surface area contributed by atoms with E-state index in [0.717, 1.165) is 25.3 Å². The molecule has 1 unspecified atom stereocenters. The molecule has 0 spiro atoms. The zero-order valence-electron chi connectivity index (χ0n) is 17.0. The van der Waals surface area contributed by atoms with Crippen molar-refractivity contribution in [1.29, 1.82) is 0 Å². The first kappa shape index (κ1) is 21.2. The monoisotopic (exact) mass is 397 g/mol. The maximum atomic E-state index is 13.6. The van der Waals surface area contributed by atoms with Crippen LogP contribution in [0.3, 0.4) is 0 Å². The van der Waals surface area contributed by atoms with Crippen LogP contribution in [0.25, 0.3) is 0 Å². The molecule has 2 aliphatic rings. The lowest BCUT2D eigenvalue weighted by Gasteiger charge is -2.34. The molecule has 2 saturated heterocycles. The highest BCUT2D eigenvalue weighted by Crippen LogP contribution is 2.37. The Balaban J connectivity index is 2.00. The van der Waals surface area contributed by atoms with Crippen molar-refractivity contribution in [2.24, 2.45) is 0 Å². The lowest BCUT2D eigenvalue weighted by molar-refractivity contribution is -0.138. The smallest absolute Gasteiger partial charge is 0.399 e. The van der Waals surface area contributed by atoms with Crippen LogP contribution in [0.15, 0.2) is 18.2 Å². The van der Waals surface area contributed by atoms with E-state index < -0.39 is 36.0 Å². The van der Waals surface area contributed by atoms with Crippen LogP contribution in [0.1, 0.15) is 69.8 Å². The number of hydrogen-bond donors (Lipinski definition) is 0.